The third-order valence-corrected chi connectivity index (χ3v) is 16.1. The highest BCUT2D eigenvalue weighted by molar-refractivity contribution is 7.10. The van der Waals surface area contributed by atoms with Gasteiger partial charge < -0.3 is 39.0 Å². The van der Waals surface area contributed by atoms with E-state index < -0.39 is 35.4 Å². The second-order valence-corrected chi connectivity index (χ2v) is 22.6. The van der Waals surface area contributed by atoms with E-state index in [9.17, 15) is 19.2 Å². The molecule has 18 heteroatoms. The Kier molecular flexibility index (Phi) is 15.8. The number of fused-ring (bicyclic) bond motifs is 6. The number of aromatic nitrogens is 3. The molecule has 386 valence electrons. The average Bonchev–Trinajstić information content (AvgIpc) is 3.94. The number of anilines is 1. The smallest absolute Gasteiger partial charge is 0.324 e. The summed E-state index contributed by atoms with van der Waals surface area (Å²) in [5.74, 6) is -1.52. The summed E-state index contributed by atoms with van der Waals surface area (Å²) >= 11 is 1.44. The van der Waals surface area contributed by atoms with Crippen LogP contribution >= 0.6 is 11.3 Å². The minimum Gasteiger partial charge on any atom is -0.464 e. The van der Waals surface area contributed by atoms with E-state index in [0.717, 1.165) is 83.1 Å². The number of pyridine rings is 1. The van der Waals surface area contributed by atoms with Gasteiger partial charge in [-0.05, 0) is 90.7 Å². The number of benzene rings is 1. The molecule has 3 aromatic heterocycles. The van der Waals surface area contributed by atoms with Crippen LogP contribution in [0.4, 0.5) is 10.5 Å². The highest BCUT2D eigenvalue weighted by Crippen LogP contribution is 2.43. The van der Waals surface area contributed by atoms with Crippen molar-refractivity contribution < 1.29 is 28.7 Å². The number of hydrazine groups is 1. The standard InChI is InChI=1S/C53H77N11O6S/c1-13-62-44-17-16-36-23-38(44)40(48(62)39-24-37(27-54-46(39)35(6)69-12)61-21-19-58(9)20-22-61)26-53(7,8)31-70-51(67)41-15-14-18-64(57-41)50(66)42(25-45-55-43(36)30-71-45)56-49(65)47(32(2)3)60(11)52(68)63-29-33(4)59(10)28-34(63)5/h16-17,23-24,27,30,32-35,41-42,47,57H,13-15,18-22,25-26,28-29,31H2,1-12H3,(H,56,65)/t33-,34-,35+,41+,42+,47?/m1/s1. The number of amides is 4. The van der Waals surface area contributed by atoms with Gasteiger partial charge in [-0.15, -0.1) is 11.3 Å². The lowest BCUT2D eigenvalue weighted by Crippen LogP contribution is -2.64. The van der Waals surface area contributed by atoms with Crippen molar-refractivity contribution in [3.63, 3.8) is 0 Å². The Morgan fingerprint density at radius 3 is 2.49 bits per heavy atom. The highest BCUT2D eigenvalue weighted by atomic mass is 32.1. The van der Waals surface area contributed by atoms with E-state index in [-0.39, 0.29) is 49.1 Å². The molecule has 0 radical (unpaired) electrons. The Labute approximate surface area is 424 Å². The zero-order valence-corrected chi connectivity index (χ0v) is 44.9. The predicted octanol–water partition coefficient (Wildman–Crippen LogP) is 6.06. The molecule has 1 unspecified atom stereocenters. The zero-order valence-electron chi connectivity index (χ0n) is 44.1. The van der Waals surface area contributed by atoms with Crippen LogP contribution in [-0.4, -0.2) is 174 Å². The fourth-order valence-corrected chi connectivity index (χ4v) is 11.8. The lowest BCUT2D eigenvalue weighted by atomic mass is 9.84. The van der Waals surface area contributed by atoms with Crippen LogP contribution in [0.3, 0.4) is 0 Å². The van der Waals surface area contributed by atoms with Crippen molar-refractivity contribution in [2.24, 2.45) is 11.3 Å². The maximum absolute atomic E-state index is 14.8. The number of cyclic esters (lactones) is 1. The zero-order chi connectivity index (χ0) is 51.1. The molecule has 7 heterocycles. The minimum absolute atomic E-state index is 0.0413. The number of likely N-dealkylation sites (N-methyl/N-ethyl adjacent to an activating group) is 3. The monoisotopic (exact) mass is 996 g/mol. The topological polar surface area (TPSA) is 161 Å². The maximum atomic E-state index is 14.8. The van der Waals surface area contributed by atoms with E-state index in [1.807, 2.05) is 44.2 Å². The molecule has 3 saturated heterocycles. The third kappa shape index (κ3) is 11.0. The lowest BCUT2D eigenvalue weighted by molar-refractivity contribution is -0.155. The minimum atomic E-state index is -1.05. The second-order valence-electron chi connectivity index (χ2n) is 21.6. The predicted molar refractivity (Wildman–Crippen MR) is 279 cm³/mol. The van der Waals surface area contributed by atoms with Gasteiger partial charge in [0.15, 0.2) is 0 Å². The van der Waals surface area contributed by atoms with Gasteiger partial charge in [0.1, 0.15) is 18.1 Å². The fraction of sp³-hybridized carbons (Fsp3) is 0.623. The van der Waals surface area contributed by atoms with Gasteiger partial charge in [0.05, 0.1) is 46.7 Å². The van der Waals surface area contributed by atoms with E-state index in [4.69, 9.17) is 19.4 Å². The number of aryl methyl sites for hydroxylation is 1. The number of thiazole rings is 1. The van der Waals surface area contributed by atoms with Crippen molar-refractivity contribution in [3.05, 3.63) is 52.1 Å². The van der Waals surface area contributed by atoms with Crippen molar-refractivity contribution in [2.75, 3.05) is 85.6 Å². The summed E-state index contributed by atoms with van der Waals surface area (Å²) in [6.45, 7) is 22.6. The third-order valence-electron chi connectivity index (χ3n) is 15.3. The number of piperazine rings is 2. The van der Waals surface area contributed by atoms with Crippen LogP contribution in [0.1, 0.15) is 90.6 Å². The number of hydrogen-bond donors (Lipinski definition) is 2. The molecule has 71 heavy (non-hydrogen) atoms. The summed E-state index contributed by atoms with van der Waals surface area (Å²) in [5, 5.41) is 8.30. The first-order valence-electron chi connectivity index (χ1n) is 25.6. The molecule has 4 aromatic rings. The van der Waals surface area contributed by atoms with Crippen molar-refractivity contribution >= 4 is 51.7 Å². The van der Waals surface area contributed by atoms with Gasteiger partial charge in [0, 0.05) is 118 Å². The Morgan fingerprint density at radius 2 is 1.79 bits per heavy atom. The average molecular weight is 996 g/mol. The van der Waals surface area contributed by atoms with Crippen molar-refractivity contribution in [2.45, 2.75) is 124 Å². The molecule has 0 aliphatic carbocycles. The number of methoxy groups -OCH3 is 1. The summed E-state index contributed by atoms with van der Waals surface area (Å²) in [4.78, 5) is 78.3. The van der Waals surface area contributed by atoms with Crippen LogP contribution in [-0.2, 0) is 43.2 Å². The molecule has 8 rings (SSSR count). The Balaban J connectivity index is 1.19. The number of rotatable bonds is 9. The molecule has 17 nitrogen and oxygen atoms in total. The summed E-state index contributed by atoms with van der Waals surface area (Å²) in [6.07, 6.45) is 3.43. The Bertz CT molecular complexity index is 2590. The molecular formula is C53H77N11O6S. The summed E-state index contributed by atoms with van der Waals surface area (Å²) in [7, 11) is 7.61. The quantitative estimate of drug-likeness (QED) is 0.187. The molecule has 0 saturated carbocycles. The van der Waals surface area contributed by atoms with Crippen LogP contribution in [0.15, 0.2) is 35.8 Å². The number of urea groups is 1. The lowest BCUT2D eigenvalue weighted by Gasteiger charge is -2.45. The molecule has 0 spiro atoms. The number of carbonyl (C=O) groups is 4. The summed E-state index contributed by atoms with van der Waals surface area (Å²) in [6, 6.07) is 5.99. The maximum Gasteiger partial charge on any atom is 0.324 e. The Morgan fingerprint density at radius 1 is 1.04 bits per heavy atom. The molecule has 4 aliphatic heterocycles. The van der Waals surface area contributed by atoms with E-state index in [0.29, 0.717) is 43.9 Å². The largest absolute Gasteiger partial charge is 0.464 e. The van der Waals surface area contributed by atoms with Crippen molar-refractivity contribution in [1.29, 1.82) is 0 Å². The van der Waals surface area contributed by atoms with Crippen LogP contribution in [0.5, 0.6) is 0 Å². The number of ether oxygens (including phenoxy) is 2. The highest BCUT2D eigenvalue weighted by Gasteiger charge is 2.40. The van der Waals surface area contributed by atoms with E-state index in [1.165, 1.54) is 21.2 Å². The van der Waals surface area contributed by atoms with Crippen molar-refractivity contribution in [3.8, 4) is 22.5 Å². The molecule has 4 amide bonds. The molecule has 4 aliphatic rings. The number of esters is 1. The van der Waals surface area contributed by atoms with Gasteiger partial charge in [-0.2, -0.15) is 0 Å². The molecule has 6 atom stereocenters. The normalized spacial score (nSPS) is 23.6. The molecule has 1 aromatic carbocycles. The number of nitrogens with zero attached hydrogens (tertiary/aromatic N) is 9. The van der Waals surface area contributed by atoms with Crippen LogP contribution in [0.25, 0.3) is 33.4 Å². The summed E-state index contributed by atoms with van der Waals surface area (Å²) in [5.41, 5.74) is 10.5. The van der Waals surface area contributed by atoms with Gasteiger partial charge in [-0.1, -0.05) is 33.8 Å². The molecule has 3 fully saturated rings. The summed E-state index contributed by atoms with van der Waals surface area (Å²) < 4.78 is 14.6. The number of carbonyl (C=O) groups excluding carboxylic acids is 4. The van der Waals surface area contributed by atoms with Crippen LogP contribution < -0.4 is 15.6 Å². The van der Waals surface area contributed by atoms with Gasteiger partial charge >= 0.3 is 12.0 Å². The first kappa shape index (κ1) is 52.2. The van der Waals surface area contributed by atoms with Gasteiger partial charge in [-0.25, -0.2) is 15.2 Å². The van der Waals surface area contributed by atoms with Crippen LogP contribution in [0.2, 0.25) is 0 Å². The molecule has 2 N–H and O–H groups in total. The van der Waals surface area contributed by atoms with E-state index >= 15 is 0 Å². The second kappa shape index (κ2) is 21.5. The van der Waals surface area contributed by atoms with Crippen molar-refractivity contribution in [1.82, 2.24) is 49.9 Å². The van der Waals surface area contributed by atoms with Gasteiger partial charge in [0.25, 0.3) is 5.91 Å². The van der Waals surface area contributed by atoms with Gasteiger partial charge in [0.2, 0.25) is 5.91 Å². The van der Waals surface area contributed by atoms with E-state index in [2.05, 4.69) is 96.1 Å². The van der Waals surface area contributed by atoms with E-state index in [1.54, 1.807) is 14.2 Å². The molecular weight excluding hydrogens is 919 g/mol. The number of nitrogens with one attached hydrogen (secondary N) is 2. The van der Waals surface area contributed by atoms with Gasteiger partial charge in [-0.3, -0.25) is 29.3 Å². The first-order valence-corrected chi connectivity index (χ1v) is 26.5. The molecule has 6 bridgehead atoms. The SMILES string of the molecule is CCn1c(-c2cc(N3CCN(C)CC3)cnc2[C@H](C)OC)c2c3cc(ccc31)-c1csc(n1)C[C@H](NC(=O)C(C(C)C)N(C)C(=O)N1C[C@@H](C)N(C)C[C@H]1C)C(=O)N1CCC[C@H](N1)C(=O)OCC(C)(C)C2. The number of hydrogen-bond acceptors (Lipinski definition) is 13. The van der Waals surface area contributed by atoms with Crippen LogP contribution in [0, 0.1) is 11.3 Å². The fourth-order valence-electron chi connectivity index (χ4n) is 10.9. The Hall–Kier alpha value is -5.14. The first-order chi connectivity index (χ1) is 33.8.